The van der Waals surface area contributed by atoms with Crippen LogP contribution in [0.25, 0.3) is 0 Å². The number of ether oxygens (including phenoxy) is 6. The van der Waals surface area contributed by atoms with Gasteiger partial charge in [-0.2, -0.15) is 0 Å². The predicted octanol–water partition coefficient (Wildman–Crippen LogP) is 0.380. The van der Waals surface area contributed by atoms with Crippen molar-refractivity contribution in [1.82, 2.24) is 0 Å². The third-order valence-electron chi connectivity index (χ3n) is 1.72. The van der Waals surface area contributed by atoms with Crippen LogP contribution in [0.15, 0.2) is 38.0 Å². The van der Waals surface area contributed by atoms with Crippen LogP contribution in [-0.4, -0.2) is 44.8 Å². The molecule has 0 aliphatic rings. The first kappa shape index (κ1) is 19.5. The van der Waals surface area contributed by atoms with Crippen LogP contribution in [-0.2, 0) is 42.8 Å². The fraction of sp³-hybridized carbons (Fsp3) is 0.308. The fourth-order valence-electron chi connectivity index (χ4n) is 0.764. The summed E-state index contributed by atoms with van der Waals surface area (Å²) >= 11 is 0. The topological polar surface area (TPSA) is 107 Å². The highest BCUT2D eigenvalue weighted by Crippen LogP contribution is 2.00. The molecule has 0 aromatic heterocycles. The van der Waals surface area contributed by atoms with Gasteiger partial charge in [0, 0.05) is 18.2 Å². The number of carbonyl (C=O) groups is 3. The molecule has 0 aromatic carbocycles. The Balaban J connectivity index is 4.16. The number of hydrogen-bond donors (Lipinski definition) is 0. The molecule has 0 aliphatic carbocycles. The maximum Gasteiger partial charge on any atom is 0.332 e. The number of rotatable bonds is 12. The van der Waals surface area contributed by atoms with Crippen molar-refractivity contribution in [2.75, 3.05) is 20.4 Å². The zero-order valence-electron chi connectivity index (χ0n) is 11.7. The Bertz CT molecular complexity index is 354. The van der Waals surface area contributed by atoms with Gasteiger partial charge in [-0.3, -0.25) is 14.2 Å². The molecule has 0 rings (SSSR count). The van der Waals surface area contributed by atoms with Crippen molar-refractivity contribution in [3.63, 3.8) is 0 Å². The van der Waals surface area contributed by atoms with Gasteiger partial charge in [-0.1, -0.05) is 19.7 Å². The molecule has 0 bridgehead atoms. The summed E-state index contributed by atoms with van der Waals surface area (Å²) in [7, 11) is 0. The third-order valence-corrected chi connectivity index (χ3v) is 1.72. The van der Waals surface area contributed by atoms with Crippen LogP contribution in [0.1, 0.15) is 0 Å². The van der Waals surface area contributed by atoms with Crippen molar-refractivity contribution in [1.29, 1.82) is 0 Å². The van der Waals surface area contributed by atoms with E-state index in [-0.39, 0.29) is 0 Å². The Morgan fingerprint density at radius 1 is 0.682 bits per heavy atom. The van der Waals surface area contributed by atoms with Crippen LogP contribution >= 0.6 is 0 Å². The summed E-state index contributed by atoms with van der Waals surface area (Å²) in [5, 5.41) is 0. The van der Waals surface area contributed by atoms with Crippen LogP contribution in [0, 0.1) is 0 Å². The highest BCUT2D eigenvalue weighted by molar-refractivity contribution is 5.81. The van der Waals surface area contributed by atoms with Crippen molar-refractivity contribution in [3.8, 4) is 0 Å². The van der Waals surface area contributed by atoms with Crippen LogP contribution in [0.2, 0.25) is 0 Å². The normalized spacial score (nSPS) is 9.68. The fourth-order valence-corrected chi connectivity index (χ4v) is 0.764. The minimum absolute atomic E-state index is 0.527. The molecule has 9 nitrogen and oxygen atoms in total. The first-order chi connectivity index (χ1) is 10.5. The van der Waals surface area contributed by atoms with E-state index >= 15 is 0 Å². The van der Waals surface area contributed by atoms with E-state index < -0.39 is 44.8 Å². The van der Waals surface area contributed by atoms with Crippen LogP contribution in [0.5, 0.6) is 0 Å². The van der Waals surface area contributed by atoms with Crippen LogP contribution < -0.4 is 0 Å². The zero-order chi connectivity index (χ0) is 16.8. The van der Waals surface area contributed by atoms with Crippen molar-refractivity contribution in [3.05, 3.63) is 38.0 Å². The molecule has 22 heavy (non-hydrogen) atoms. The monoisotopic (exact) mass is 316 g/mol. The summed E-state index contributed by atoms with van der Waals surface area (Å²) in [5.41, 5.74) is 0. The van der Waals surface area contributed by atoms with Gasteiger partial charge in [0.05, 0.1) is 0 Å². The highest BCUT2D eigenvalue weighted by atomic mass is 16.9. The summed E-state index contributed by atoms with van der Waals surface area (Å²) in [6, 6.07) is 0. The second-order valence-electron chi connectivity index (χ2n) is 3.14. The summed E-state index contributed by atoms with van der Waals surface area (Å²) in [6.45, 7) is 6.56. The number of hydrogen-bond acceptors (Lipinski definition) is 9. The van der Waals surface area contributed by atoms with Crippen LogP contribution in [0.3, 0.4) is 0 Å². The summed E-state index contributed by atoms with van der Waals surface area (Å²) in [5.74, 6) is -2.18. The molecule has 0 saturated heterocycles. The number of esters is 3. The molecule has 0 radical (unpaired) electrons. The molecule has 0 aliphatic heterocycles. The lowest BCUT2D eigenvalue weighted by molar-refractivity contribution is -0.339. The summed E-state index contributed by atoms with van der Waals surface area (Å²) < 4.78 is 28.2. The van der Waals surface area contributed by atoms with Gasteiger partial charge >= 0.3 is 17.9 Å². The molecule has 0 unspecified atom stereocenters. The molecule has 0 heterocycles. The smallest absolute Gasteiger partial charge is 0.332 e. The maximum atomic E-state index is 10.8. The van der Waals surface area contributed by atoms with E-state index in [1.165, 1.54) is 0 Å². The molecule has 9 heteroatoms. The van der Waals surface area contributed by atoms with Crippen molar-refractivity contribution < 1.29 is 42.8 Å². The van der Waals surface area contributed by atoms with E-state index in [0.29, 0.717) is 0 Å². The van der Waals surface area contributed by atoms with Gasteiger partial charge in [0.15, 0.2) is 20.4 Å². The standard InChI is InChI=1S/C13H16O9/c1-4-10(14)17-7-20-13(21-8-18-11(15)5-2)22-9-19-12(16)6-3/h4-6,13H,1-3,7-9H2. The van der Waals surface area contributed by atoms with Crippen molar-refractivity contribution in [2.24, 2.45) is 0 Å². The Kier molecular flexibility index (Phi) is 10.9. The molecule has 0 aromatic rings. The Hall–Kier alpha value is -2.49. The summed E-state index contributed by atoms with van der Waals surface area (Å²) in [6.07, 6.45) is 2.79. The molecule has 0 fully saturated rings. The SMILES string of the molecule is C=CC(=O)OCOC(OCOC(=O)C=C)OCOC(=O)C=C. The van der Waals surface area contributed by atoms with E-state index in [0.717, 1.165) is 18.2 Å². The quantitative estimate of drug-likeness (QED) is 0.218. The maximum absolute atomic E-state index is 10.8. The van der Waals surface area contributed by atoms with E-state index in [1.54, 1.807) is 0 Å². The lowest BCUT2D eigenvalue weighted by Crippen LogP contribution is -2.26. The van der Waals surface area contributed by atoms with E-state index in [9.17, 15) is 14.4 Å². The van der Waals surface area contributed by atoms with Crippen molar-refractivity contribution >= 4 is 17.9 Å². The van der Waals surface area contributed by atoms with E-state index in [4.69, 9.17) is 14.2 Å². The molecular weight excluding hydrogens is 300 g/mol. The lowest BCUT2D eigenvalue weighted by Gasteiger charge is -2.17. The molecule has 122 valence electrons. The minimum Gasteiger partial charge on any atom is -0.435 e. The Morgan fingerprint density at radius 3 is 1.18 bits per heavy atom. The highest BCUT2D eigenvalue weighted by Gasteiger charge is 2.13. The molecule has 0 spiro atoms. The zero-order valence-corrected chi connectivity index (χ0v) is 11.7. The van der Waals surface area contributed by atoms with Gasteiger partial charge in [-0.25, -0.2) is 14.4 Å². The Labute approximate surface area is 126 Å². The predicted molar refractivity (Wildman–Crippen MR) is 70.5 cm³/mol. The molecule has 0 amide bonds. The second kappa shape index (κ2) is 12.3. The average molecular weight is 316 g/mol. The summed E-state index contributed by atoms with van der Waals surface area (Å²) in [4.78, 5) is 32.4. The molecule has 0 atom stereocenters. The third kappa shape index (κ3) is 10.3. The second-order valence-corrected chi connectivity index (χ2v) is 3.14. The van der Waals surface area contributed by atoms with E-state index in [2.05, 4.69) is 33.9 Å². The lowest BCUT2D eigenvalue weighted by atomic mass is 10.7. The first-order valence-electron chi connectivity index (χ1n) is 5.75. The molecule has 0 N–H and O–H groups in total. The van der Waals surface area contributed by atoms with Gasteiger partial charge in [-0.05, 0) is 0 Å². The van der Waals surface area contributed by atoms with Gasteiger partial charge in [0.25, 0.3) is 6.48 Å². The largest absolute Gasteiger partial charge is 0.435 e. The average Bonchev–Trinajstić information content (AvgIpc) is 2.53. The minimum atomic E-state index is -1.42. The van der Waals surface area contributed by atoms with Crippen molar-refractivity contribution in [2.45, 2.75) is 6.48 Å². The van der Waals surface area contributed by atoms with Gasteiger partial charge < -0.3 is 14.2 Å². The van der Waals surface area contributed by atoms with Crippen LogP contribution in [0.4, 0.5) is 0 Å². The van der Waals surface area contributed by atoms with Gasteiger partial charge in [0.2, 0.25) is 0 Å². The first-order valence-corrected chi connectivity index (χ1v) is 5.75. The van der Waals surface area contributed by atoms with E-state index in [1.807, 2.05) is 0 Å². The molecular formula is C13H16O9. The van der Waals surface area contributed by atoms with Gasteiger partial charge in [0.1, 0.15) is 0 Å². The molecule has 0 saturated carbocycles. The Morgan fingerprint density at radius 2 is 0.955 bits per heavy atom. The number of carbonyl (C=O) groups excluding carboxylic acids is 3. The van der Waals surface area contributed by atoms with Gasteiger partial charge in [-0.15, -0.1) is 0 Å².